The Morgan fingerprint density at radius 3 is 2.25 bits per heavy atom. The van der Waals surface area contributed by atoms with Gasteiger partial charge in [-0.25, -0.2) is 8.78 Å². The van der Waals surface area contributed by atoms with Crippen LogP contribution in [0.25, 0.3) is 0 Å². The van der Waals surface area contributed by atoms with Gasteiger partial charge >= 0.3 is 0 Å². The van der Waals surface area contributed by atoms with Crippen LogP contribution in [0.1, 0.15) is 18.1 Å². The fourth-order valence-electron chi connectivity index (χ4n) is 2.65. The van der Waals surface area contributed by atoms with Crippen LogP contribution in [0.5, 0.6) is 0 Å². The molecule has 0 heterocycles. The first-order valence-electron chi connectivity index (χ1n) is 8.10. The molecule has 2 aromatic carbocycles. The first-order valence-corrected chi connectivity index (χ1v) is 8.10. The van der Waals surface area contributed by atoms with Crippen LogP contribution < -0.4 is 11.1 Å². The predicted molar refractivity (Wildman–Crippen MR) is 91.7 cm³/mol. The maximum Gasteiger partial charge on any atom is 0.126 e. The van der Waals surface area contributed by atoms with Crippen molar-refractivity contribution in [3.63, 3.8) is 0 Å². The van der Waals surface area contributed by atoms with Gasteiger partial charge in [0.05, 0.1) is 6.10 Å². The van der Waals surface area contributed by atoms with E-state index in [1.807, 2.05) is 25.1 Å². The van der Waals surface area contributed by atoms with E-state index in [0.29, 0.717) is 12.1 Å². The monoisotopic (exact) mass is 334 g/mol. The Morgan fingerprint density at radius 2 is 1.62 bits per heavy atom. The fraction of sp³-hybridized carbons (Fsp3) is 0.368. The number of halogens is 2. The first-order chi connectivity index (χ1) is 11.4. The summed E-state index contributed by atoms with van der Waals surface area (Å²) in [7, 11) is 0. The molecule has 3 atom stereocenters. The molecule has 0 aliphatic carbocycles. The molecule has 0 fully saturated rings. The summed E-state index contributed by atoms with van der Waals surface area (Å²) in [6, 6.07) is 12.9. The summed E-state index contributed by atoms with van der Waals surface area (Å²) in [5.41, 5.74) is 7.61. The van der Waals surface area contributed by atoms with Gasteiger partial charge in [-0.15, -0.1) is 0 Å². The lowest BCUT2D eigenvalue weighted by atomic mass is 10.0. The van der Waals surface area contributed by atoms with Crippen LogP contribution in [-0.4, -0.2) is 29.8 Å². The van der Waals surface area contributed by atoms with Crippen molar-refractivity contribution in [2.24, 2.45) is 5.73 Å². The quantitative estimate of drug-likeness (QED) is 0.695. The van der Waals surface area contributed by atoms with Gasteiger partial charge in [0.2, 0.25) is 0 Å². The molecule has 3 nitrogen and oxygen atoms in total. The molecule has 0 bridgehead atoms. The molecule has 0 aliphatic heterocycles. The second kappa shape index (κ2) is 8.87. The molecule has 0 saturated heterocycles. The summed E-state index contributed by atoms with van der Waals surface area (Å²) >= 11 is 0. The van der Waals surface area contributed by atoms with Crippen molar-refractivity contribution in [3.8, 4) is 0 Å². The highest BCUT2D eigenvalue weighted by Gasteiger charge is 2.17. The average Bonchev–Trinajstić information content (AvgIpc) is 2.52. The normalized spacial score (nSPS) is 15.0. The Hall–Kier alpha value is -1.82. The topological polar surface area (TPSA) is 58.3 Å². The molecule has 4 N–H and O–H groups in total. The van der Waals surface area contributed by atoms with E-state index in [2.05, 4.69) is 17.4 Å². The lowest BCUT2D eigenvalue weighted by Crippen LogP contribution is -2.45. The summed E-state index contributed by atoms with van der Waals surface area (Å²) in [5, 5.41) is 13.4. The third-order valence-corrected chi connectivity index (χ3v) is 3.95. The molecule has 0 radical (unpaired) electrons. The Balaban J connectivity index is 1.79. The molecule has 2 aromatic rings. The highest BCUT2D eigenvalue weighted by molar-refractivity contribution is 5.19. The number of nitrogens with two attached hydrogens (primary N) is 1. The standard InChI is InChI=1S/C19H24F2N2O/c1-13(7-14-5-3-2-4-6-14)23-12-19(24)18(22)10-15-8-16(20)11-17(21)9-15/h2-6,8-9,11,13,18-19,23-24H,7,10,12,22H2,1H3/t13?,18-,19+/m0/s1. The van der Waals surface area contributed by atoms with Crippen LogP contribution in [0.3, 0.4) is 0 Å². The van der Waals surface area contributed by atoms with Crippen molar-refractivity contribution in [2.75, 3.05) is 6.54 Å². The van der Waals surface area contributed by atoms with E-state index < -0.39 is 23.8 Å². The van der Waals surface area contributed by atoms with Gasteiger partial charge in [-0.3, -0.25) is 0 Å². The number of hydrogen-bond acceptors (Lipinski definition) is 3. The van der Waals surface area contributed by atoms with E-state index in [0.717, 1.165) is 12.5 Å². The van der Waals surface area contributed by atoms with Gasteiger partial charge < -0.3 is 16.2 Å². The number of nitrogens with one attached hydrogen (secondary N) is 1. The molecule has 24 heavy (non-hydrogen) atoms. The first kappa shape index (κ1) is 18.5. The van der Waals surface area contributed by atoms with Gasteiger partial charge in [0.1, 0.15) is 11.6 Å². The smallest absolute Gasteiger partial charge is 0.126 e. The van der Waals surface area contributed by atoms with Gasteiger partial charge in [-0.2, -0.15) is 0 Å². The number of aliphatic hydroxyl groups is 1. The van der Waals surface area contributed by atoms with E-state index in [9.17, 15) is 13.9 Å². The molecule has 0 aromatic heterocycles. The van der Waals surface area contributed by atoms with Crippen LogP contribution in [0.2, 0.25) is 0 Å². The molecular weight excluding hydrogens is 310 g/mol. The highest BCUT2D eigenvalue weighted by atomic mass is 19.1. The van der Waals surface area contributed by atoms with Gasteiger partial charge in [-0.1, -0.05) is 30.3 Å². The maximum absolute atomic E-state index is 13.2. The molecule has 0 aliphatic rings. The summed E-state index contributed by atoms with van der Waals surface area (Å²) in [6.45, 7) is 2.36. The highest BCUT2D eigenvalue weighted by Crippen LogP contribution is 2.11. The van der Waals surface area contributed by atoms with E-state index in [1.165, 1.54) is 17.7 Å². The summed E-state index contributed by atoms with van der Waals surface area (Å²) in [5.74, 6) is -1.28. The van der Waals surface area contributed by atoms with E-state index in [4.69, 9.17) is 5.73 Å². The van der Waals surface area contributed by atoms with Crippen molar-refractivity contribution in [2.45, 2.75) is 38.0 Å². The molecule has 0 spiro atoms. The van der Waals surface area contributed by atoms with Crippen molar-refractivity contribution < 1.29 is 13.9 Å². The third-order valence-electron chi connectivity index (χ3n) is 3.95. The SMILES string of the molecule is CC(Cc1ccccc1)NC[C@@H](O)[C@@H](N)Cc1cc(F)cc(F)c1. The molecule has 0 amide bonds. The Labute approximate surface area is 141 Å². The summed E-state index contributed by atoms with van der Waals surface area (Å²) in [6.07, 6.45) is 0.261. The molecule has 5 heteroatoms. The molecule has 130 valence electrons. The molecule has 1 unspecified atom stereocenters. The van der Waals surface area contributed by atoms with Gasteiger partial charge in [-0.05, 0) is 43.0 Å². The number of rotatable bonds is 8. The number of hydrogen-bond donors (Lipinski definition) is 3. The van der Waals surface area contributed by atoms with Gasteiger partial charge in [0, 0.05) is 24.7 Å². The van der Waals surface area contributed by atoms with Crippen molar-refractivity contribution in [1.29, 1.82) is 0 Å². The minimum absolute atomic E-state index is 0.181. The van der Waals surface area contributed by atoms with Crippen LogP contribution in [0.15, 0.2) is 48.5 Å². The van der Waals surface area contributed by atoms with Gasteiger partial charge in [0.15, 0.2) is 0 Å². The Bertz CT molecular complexity index is 616. The fourth-order valence-corrected chi connectivity index (χ4v) is 2.65. The zero-order valence-electron chi connectivity index (χ0n) is 13.8. The number of benzene rings is 2. The number of aliphatic hydroxyl groups excluding tert-OH is 1. The van der Waals surface area contributed by atoms with Crippen molar-refractivity contribution >= 4 is 0 Å². The maximum atomic E-state index is 13.2. The zero-order chi connectivity index (χ0) is 17.5. The Kier molecular flexibility index (Phi) is 6.85. The van der Waals surface area contributed by atoms with Crippen LogP contribution in [-0.2, 0) is 12.8 Å². The minimum Gasteiger partial charge on any atom is -0.390 e. The lowest BCUT2D eigenvalue weighted by Gasteiger charge is -2.22. The largest absolute Gasteiger partial charge is 0.390 e. The average molecular weight is 334 g/mol. The van der Waals surface area contributed by atoms with Crippen molar-refractivity contribution in [3.05, 3.63) is 71.3 Å². The second-order valence-electron chi connectivity index (χ2n) is 6.21. The Morgan fingerprint density at radius 1 is 1.00 bits per heavy atom. The second-order valence-corrected chi connectivity index (χ2v) is 6.21. The summed E-state index contributed by atoms with van der Waals surface area (Å²) < 4.78 is 26.4. The minimum atomic E-state index is -0.797. The predicted octanol–water partition coefficient (Wildman–Crippen LogP) is 2.42. The zero-order valence-corrected chi connectivity index (χ0v) is 13.8. The van der Waals surface area contributed by atoms with Crippen LogP contribution in [0.4, 0.5) is 8.78 Å². The molecule has 0 saturated carbocycles. The van der Waals surface area contributed by atoms with E-state index in [1.54, 1.807) is 0 Å². The molecule has 2 rings (SSSR count). The van der Waals surface area contributed by atoms with Crippen molar-refractivity contribution in [1.82, 2.24) is 5.32 Å². The van der Waals surface area contributed by atoms with Gasteiger partial charge in [0.25, 0.3) is 0 Å². The van der Waals surface area contributed by atoms with Crippen LogP contribution >= 0.6 is 0 Å². The van der Waals surface area contributed by atoms with Crippen LogP contribution in [0, 0.1) is 11.6 Å². The van der Waals surface area contributed by atoms with E-state index in [-0.39, 0.29) is 12.5 Å². The lowest BCUT2D eigenvalue weighted by molar-refractivity contribution is 0.138. The molecular formula is C19H24F2N2O. The third kappa shape index (κ3) is 6.00. The van der Waals surface area contributed by atoms with E-state index >= 15 is 0 Å². The summed E-state index contributed by atoms with van der Waals surface area (Å²) in [4.78, 5) is 0.